The summed E-state index contributed by atoms with van der Waals surface area (Å²) in [4.78, 5) is 26.3. The standard InChI is InChI=1S/C23H24ClNO4/c1-2-14-11-18(14)23(28)25-10-9-15-5-3-4-6-17(15)22(25)19-12-16(24)7-8-20(19)29-13-21(26)27/h3-8,12,14,18,22H,2,9-11,13H2,1H3,(H,26,27)/t14?,18?,22-/m0/s1. The highest BCUT2D eigenvalue weighted by atomic mass is 35.5. The maximum Gasteiger partial charge on any atom is 0.341 e. The summed E-state index contributed by atoms with van der Waals surface area (Å²) in [6, 6.07) is 12.9. The van der Waals surface area contributed by atoms with Crippen molar-refractivity contribution < 1.29 is 19.4 Å². The van der Waals surface area contributed by atoms with Gasteiger partial charge in [0.2, 0.25) is 5.91 Å². The quantitative estimate of drug-likeness (QED) is 0.765. The molecule has 0 saturated heterocycles. The molecule has 0 spiro atoms. The van der Waals surface area contributed by atoms with Gasteiger partial charge in [-0.05, 0) is 48.1 Å². The number of amides is 1. The molecule has 1 amide bonds. The highest BCUT2D eigenvalue weighted by Gasteiger charge is 2.46. The lowest BCUT2D eigenvalue weighted by molar-refractivity contribution is -0.139. The molecule has 0 radical (unpaired) electrons. The first-order valence-corrected chi connectivity index (χ1v) is 10.4. The van der Waals surface area contributed by atoms with Crippen LogP contribution in [0.3, 0.4) is 0 Å². The average Bonchev–Trinajstić information content (AvgIpc) is 3.51. The van der Waals surface area contributed by atoms with E-state index in [0.29, 0.717) is 23.2 Å². The number of halogens is 1. The van der Waals surface area contributed by atoms with Gasteiger partial charge in [0.25, 0.3) is 0 Å². The summed E-state index contributed by atoms with van der Waals surface area (Å²) in [5.41, 5.74) is 2.96. The maximum atomic E-state index is 13.3. The van der Waals surface area contributed by atoms with Crippen LogP contribution in [0.4, 0.5) is 0 Å². The third kappa shape index (κ3) is 3.97. The average molecular weight is 414 g/mol. The van der Waals surface area contributed by atoms with Gasteiger partial charge in [-0.25, -0.2) is 4.79 Å². The Morgan fingerprint density at radius 2 is 2.00 bits per heavy atom. The summed E-state index contributed by atoms with van der Waals surface area (Å²) in [5.74, 6) is 0.101. The molecule has 0 bridgehead atoms. The van der Waals surface area contributed by atoms with E-state index < -0.39 is 12.6 Å². The molecule has 1 heterocycles. The van der Waals surface area contributed by atoms with E-state index >= 15 is 0 Å². The van der Waals surface area contributed by atoms with E-state index in [1.807, 2.05) is 23.1 Å². The van der Waals surface area contributed by atoms with Crippen LogP contribution < -0.4 is 4.74 Å². The van der Waals surface area contributed by atoms with Crippen molar-refractivity contribution in [2.45, 2.75) is 32.2 Å². The van der Waals surface area contributed by atoms with Gasteiger partial charge in [-0.15, -0.1) is 0 Å². The normalized spacial score (nSPS) is 22.7. The van der Waals surface area contributed by atoms with Crippen molar-refractivity contribution in [1.29, 1.82) is 0 Å². The molecule has 1 aliphatic heterocycles. The number of carboxylic acid groups (broad SMARTS) is 1. The van der Waals surface area contributed by atoms with Gasteiger partial charge in [0, 0.05) is 23.0 Å². The van der Waals surface area contributed by atoms with E-state index in [2.05, 4.69) is 13.0 Å². The van der Waals surface area contributed by atoms with Crippen molar-refractivity contribution in [2.75, 3.05) is 13.2 Å². The van der Waals surface area contributed by atoms with Crippen molar-refractivity contribution in [3.63, 3.8) is 0 Å². The number of rotatable bonds is 6. The number of carbonyl (C=O) groups is 2. The number of ether oxygens (including phenoxy) is 1. The van der Waals surface area contributed by atoms with Crippen molar-refractivity contribution >= 4 is 23.5 Å². The molecule has 2 aromatic carbocycles. The zero-order chi connectivity index (χ0) is 20.5. The Morgan fingerprint density at radius 3 is 2.72 bits per heavy atom. The molecule has 152 valence electrons. The van der Waals surface area contributed by atoms with Crippen LogP contribution in [-0.4, -0.2) is 35.0 Å². The summed E-state index contributed by atoms with van der Waals surface area (Å²) in [7, 11) is 0. The number of benzene rings is 2. The number of carbonyl (C=O) groups excluding carboxylic acids is 1. The second-order valence-corrected chi connectivity index (χ2v) is 8.19. The fraction of sp³-hybridized carbons (Fsp3) is 0.391. The van der Waals surface area contributed by atoms with Gasteiger partial charge in [0.05, 0.1) is 6.04 Å². The third-order valence-electron chi connectivity index (χ3n) is 5.95. The largest absolute Gasteiger partial charge is 0.482 e. The van der Waals surface area contributed by atoms with Crippen LogP contribution in [0.25, 0.3) is 0 Å². The number of hydrogen-bond donors (Lipinski definition) is 1. The molecule has 0 aromatic heterocycles. The first kappa shape index (κ1) is 19.8. The molecule has 4 rings (SSSR count). The van der Waals surface area contributed by atoms with E-state index in [0.717, 1.165) is 30.4 Å². The van der Waals surface area contributed by atoms with Gasteiger partial charge in [0.1, 0.15) is 5.75 Å². The minimum absolute atomic E-state index is 0.0790. The van der Waals surface area contributed by atoms with Crippen molar-refractivity contribution in [3.05, 3.63) is 64.2 Å². The summed E-state index contributed by atoms with van der Waals surface area (Å²) in [5, 5.41) is 9.57. The van der Waals surface area contributed by atoms with Crippen molar-refractivity contribution in [1.82, 2.24) is 4.90 Å². The first-order valence-electron chi connectivity index (χ1n) is 10.0. The zero-order valence-corrected chi connectivity index (χ0v) is 17.1. The molecule has 1 saturated carbocycles. The number of hydrogen-bond acceptors (Lipinski definition) is 3. The van der Waals surface area contributed by atoms with Gasteiger partial charge in [0.15, 0.2) is 6.61 Å². The zero-order valence-electron chi connectivity index (χ0n) is 16.3. The molecule has 29 heavy (non-hydrogen) atoms. The van der Waals surface area contributed by atoms with Crippen LogP contribution in [0.5, 0.6) is 5.75 Å². The number of fused-ring (bicyclic) bond motifs is 1. The maximum absolute atomic E-state index is 13.3. The lowest BCUT2D eigenvalue weighted by Crippen LogP contribution is -2.41. The molecule has 1 N–H and O–H groups in total. The van der Waals surface area contributed by atoms with Gasteiger partial charge >= 0.3 is 5.97 Å². The fourth-order valence-electron chi connectivity index (χ4n) is 4.36. The van der Waals surface area contributed by atoms with E-state index in [1.165, 1.54) is 5.56 Å². The molecule has 2 aliphatic rings. The van der Waals surface area contributed by atoms with Crippen LogP contribution >= 0.6 is 11.6 Å². The SMILES string of the molecule is CCC1CC1C(=O)N1CCc2ccccc2[C@H]1c1cc(Cl)ccc1OCC(=O)O. The smallest absolute Gasteiger partial charge is 0.341 e. The van der Waals surface area contributed by atoms with Gasteiger partial charge in [-0.1, -0.05) is 49.2 Å². The molecular formula is C23H24ClNO4. The Bertz CT molecular complexity index is 944. The molecular weight excluding hydrogens is 390 g/mol. The Balaban J connectivity index is 1.78. The lowest BCUT2D eigenvalue weighted by Gasteiger charge is -2.38. The molecule has 6 heteroatoms. The topological polar surface area (TPSA) is 66.8 Å². The predicted molar refractivity (Wildman–Crippen MR) is 110 cm³/mol. The Kier molecular flexibility index (Phi) is 5.50. The van der Waals surface area contributed by atoms with E-state index in [1.54, 1.807) is 18.2 Å². The van der Waals surface area contributed by atoms with Crippen LogP contribution in [0.1, 0.15) is 42.5 Å². The Labute approximate surface area is 175 Å². The number of aliphatic carboxylic acids is 1. The molecule has 5 nitrogen and oxygen atoms in total. The monoisotopic (exact) mass is 413 g/mol. The van der Waals surface area contributed by atoms with E-state index in [9.17, 15) is 9.59 Å². The third-order valence-corrected chi connectivity index (χ3v) is 6.18. The van der Waals surface area contributed by atoms with Gasteiger partial charge in [-0.2, -0.15) is 0 Å². The van der Waals surface area contributed by atoms with Crippen molar-refractivity contribution in [3.8, 4) is 5.75 Å². The van der Waals surface area contributed by atoms with Crippen LogP contribution in [-0.2, 0) is 16.0 Å². The Hall–Kier alpha value is -2.53. The summed E-state index contributed by atoms with van der Waals surface area (Å²) < 4.78 is 5.57. The van der Waals surface area contributed by atoms with Gasteiger partial charge in [-0.3, -0.25) is 4.79 Å². The van der Waals surface area contributed by atoms with E-state index in [4.69, 9.17) is 21.4 Å². The van der Waals surface area contributed by atoms with Gasteiger partial charge < -0.3 is 14.7 Å². The highest BCUT2D eigenvalue weighted by molar-refractivity contribution is 6.30. The Morgan fingerprint density at radius 1 is 1.21 bits per heavy atom. The molecule has 1 aliphatic carbocycles. The molecule has 2 aromatic rings. The highest BCUT2D eigenvalue weighted by Crippen LogP contribution is 2.47. The van der Waals surface area contributed by atoms with Crippen molar-refractivity contribution in [2.24, 2.45) is 11.8 Å². The fourth-order valence-corrected chi connectivity index (χ4v) is 4.54. The second kappa shape index (κ2) is 8.07. The minimum Gasteiger partial charge on any atom is -0.482 e. The second-order valence-electron chi connectivity index (χ2n) is 7.76. The number of carboxylic acids is 1. The van der Waals surface area contributed by atoms with E-state index in [-0.39, 0.29) is 17.9 Å². The lowest BCUT2D eigenvalue weighted by atomic mass is 9.87. The summed E-state index contributed by atoms with van der Waals surface area (Å²) in [6.07, 6.45) is 2.75. The minimum atomic E-state index is -1.05. The molecule has 1 fully saturated rings. The molecule has 3 atom stereocenters. The van der Waals surface area contributed by atoms with Crippen LogP contribution in [0.2, 0.25) is 5.02 Å². The first-order chi connectivity index (χ1) is 14.0. The van der Waals surface area contributed by atoms with Crippen LogP contribution in [0, 0.1) is 11.8 Å². The molecule has 2 unspecified atom stereocenters. The summed E-state index contributed by atoms with van der Waals surface area (Å²) >= 11 is 6.30. The summed E-state index contributed by atoms with van der Waals surface area (Å²) in [6.45, 7) is 2.30. The number of nitrogens with zero attached hydrogens (tertiary/aromatic N) is 1. The van der Waals surface area contributed by atoms with Crippen LogP contribution in [0.15, 0.2) is 42.5 Å². The predicted octanol–water partition coefficient (Wildman–Crippen LogP) is 4.32.